The molecule has 162 valence electrons. The van der Waals surface area contributed by atoms with Gasteiger partial charge in [0.15, 0.2) is 11.6 Å². The van der Waals surface area contributed by atoms with Crippen molar-refractivity contribution in [3.63, 3.8) is 0 Å². The van der Waals surface area contributed by atoms with E-state index in [0.29, 0.717) is 17.6 Å². The van der Waals surface area contributed by atoms with Crippen LogP contribution in [0.4, 0.5) is 0 Å². The van der Waals surface area contributed by atoms with Crippen LogP contribution in [0.1, 0.15) is 54.1 Å². The average molecular weight is 432 g/mol. The summed E-state index contributed by atoms with van der Waals surface area (Å²) in [4.78, 5) is 27.0. The monoisotopic (exact) mass is 431 g/mol. The molecule has 1 atom stereocenters. The maximum Gasteiger partial charge on any atom is 0.192 e. The van der Waals surface area contributed by atoms with Gasteiger partial charge in [-0.15, -0.1) is 0 Å². The normalized spacial score (nSPS) is 20.8. The Kier molecular flexibility index (Phi) is 4.31. The van der Waals surface area contributed by atoms with E-state index in [1.807, 2.05) is 42.5 Å². The highest BCUT2D eigenvalue weighted by Gasteiger charge is 2.46. The lowest BCUT2D eigenvalue weighted by molar-refractivity contribution is -0.118. The number of hydrogen-bond donors (Lipinski definition) is 1. The Hall–Kier alpha value is -3.72. The van der Waals surface area contributed by atoms with Crippen molar-refractivity contribution in [2.24, 2.45) is 5.41 Å². The summed E-state index contributed by atoms with van der Waals surface area (Å²) in [6.45, 7) is 4.27. The fourth-order valence-corrected chi connectivity index (χ4v) is 5.62. The predicted molar refractivity (Wildman–Crippen MR) is 130 cm³/mol. The first-order valence-electron chi connectivity index (χ1n) is 11.5. The molecule has 6 rings (SSSR count). The van der Waals surface area contributed by atoms with E-state index in [4.69, 9.17) is 0 Å². The molecule has 33 heavy (non-hydrogen) atoms. The summed E-state index contributed by atoms with van der Waals surface area (Å²) in [5, 5.41) is 3.54. The van der Waals surface area contributed by atoms with E-state index in [2.05, 4.69) is 55.6 Å². The Morgan fingerprint density at radius 3 is 2.09 bits per heavy atom. The van der Waals surface area contributed by atoms with Crippen molar-refractivity contribution in [2.45, 2.75) is 32.6 Å². The lowest BCUT2D eigenvalue weighted by atomic mass is 9.68. The quantitative estimate of drug-likeness (QED) is 0.519. The van der Waals surface area contributed by atoms with Crippen molar-refractivity contribution in [1.29, 1.82) is 0 Å². The van der Waals surface area contributed by atoms with E-state index in [-0.39, 0.29) is 22.9 Å². The molecule has 0 saturated carbocycles. The summed E-state index contributed by atoms with van der Waals surface area (Å²) in [7, 11) is 0. The summed E-state index contributed by atoms with van der Waals surface area (Å²) < 4.78 is 0. The predicted octanol–water partition coefficient (Wildman–Crippen LogP) is 6.29. The van der Waals surface area contributed by atoms with Crippen LogP contribution in [0, 0.1) is 5.41 Å². The van der Waals surface area contributed by atoms with Crippen LogP contribution in [0.15, 0.2) is 95.7 Å². The molecule has 1 heterocycles. The molecular formula is C30H25NO2. The number of dihydropyridines is 1. The Balaban J connectivity index is 1.51. The fourth-order valence-electron chi connectivity index (χ4n) is 5.62. The molecule has 3 aromatic carbocycles. The van der Waals surface area contributed by atoms with Gasteiger partial charge in [-0.2, -0.15) is 0 Å². The van der Waals surface area contributed by atoms with Crippen LogP contribution in [0.25, 0.3) is 16.8 Å². The SMILES string of the molecule is CC1(C)CC(=O)C2=C(C1)NC1=C(C(=O)c3ccccc31)[C@H]2c1ccc(-c2ccccc2)cc1. The molecule has 0 unspecified atom stereocenters. The number of fused-ring (bicyclic) bond motifs is 2. The highest BCUT2D eigenvalue weighted by Crippen LogP contribution is 2.51. The molecule has 0 amide bonds. The fraction of sp³-hybridized carbons (Fsp3) is 0.200. The molecule has 0 spiro atoms. The van der Waals surface area contributed by atoms with E-state index < -0.39 is 0 Å². The van der Waals surface area contributed by atoms with Crippen LogP contribution in [0.3, 0.4) is 0 Å². The zero-order valence-electron chi connectivity index (χ0n) is 18.8. The number of allylic oxidation sites excluding steroid dienone is 3. The van der Waals surface area contributed by atoms with Crippen molar-refractivity contribution >= 4 is 17.3 Å². The second kappa shape index (κ2) is 7.14. The molecule has 0 aromatic heterocycles. The Morgan fingerprint density at radius 1 is 0.727 bits per heavy atom. The van der Waals surface area contributed by atoms with E-state index in [1.54, 1.807) is 0 Å². The third-order valence-electron chi connectivity index (χ3n) is 7.08. The van der Waals surface area contributed by atoms with E-state index in [0.717, 1.165) is 45.6 Å². The van der Waals surface area contributed by atoms with Crippen molar-refractivity contribution < 1.29 is 9.59 Å². The number of rotatable bonds is 2. The molecule has 3 heteroatoms. The number of ketones is 2. The van der Waals surface area contributed by atoms with Crippen LogP contribution in [0.5, 0.6) is 0 Å². The van der Waals surface area contributed by atoms with Crippen molar-refractivity contribution in [3.05, 3.63) is 112 Å². The number of benzene rings is 3. The Morgan fingerprint density at radius 2 is 1.36 bits per heavy atom. The number of nitrogens with one attached hydrogen (secondary N) is 1. The van der Waals surface area contributed by atoms with Crippen LogP contribution < -0.4 is 5.32 Å². The third-order valence-corrected chi connectivity index (χ3v) is 7.08. The van der Waals surface area contributed by atoms with Crippen molar-refractivity contribution in [1.82, 2.24) is 5.32 Å². The highest BCUT2D eigenvalue weighted by molar-refractivity contribution is 6.23. The maximum atomic E-state index is 13.6. The smallest absolute Gasteiger partial charge is 0.192 e. The molecule has 3 nitrogen and oxygen atoms in total. The van der Waals surface area contributed by atoms with Crippen molar-refractivity contribution in [3.8, 4) is 11.1 Å². The summed E-state index contributed by atoms with van der Waals surface area (Å²) >= 11 is 0. The third kappa shape index (κ3) is 3.11. The van der Waals surface area contributed by atoms with Gasteiger partial charge in [-0.25, -0.2) is 0 Å². The number of hydrogen-bond acceptors (Lipinski definition) is 3. The van der Waals surface area contributed by atoms with E-state index >= 15 is 0 Å². The van der Waals surface area contributed by atoms with Crippen LogP contribution in [0.2, 0.25) is 0 Å². The van der Waals surface area contributed by atoms with E-state index in [1.165, 1.54) is 0 Å². The van der Waals surface area contributed by atoms with Gasteiger partial charge in [0.25, 0.3) is 0 Å². The Bertz CT molecular complexity index is 1370. The molecule has 1 aliphatic heterocycles. The van der Waals surface area contributed by atoms with Gasteiger partial charge in [0.05, 0.1) is 5.70 Å². The molecule has 1 N–H and O–H groups in total. The number of carbonyl (C=O) groups excluding carboxylic acids is 2. The van der Waals surface area contributed by atoms with Gasteiger partial charge < -0.3 is 5.32 Å². The van der Waals surface area contributed by atoms with Gasteiger partial charge in [0.2, 0.25) is 0 Å². The first-order valence-corrected chi connectivity index (χ1v) is 11.5. The lowest BCUT2D eigenvalue weighted by Gasteiger charge is -2.39. The second-order valence-electron chi connectivity index (χ2n) is 10.0. The summed E-state index contributed by atoms with van der Waals surface area (Å²) in [5.74, 6) is -0.180. The summed E-state index contributed by atoms with van der Waals surface area (Å²) in [6.07, 6.45) is 1.29. The molecule has 0 saturated heterocycles. The molecule has 3 aromatic rings. The van der Waals surface area contributed by atoms with Crippen LogP contribution in [-0.2, 0) is 4.79 Å². The minimum absolute atomic E-state index is 0.0226. The van der Waals surface area contributed by atoms with Gasteiger partial charge in [0, 0.05) is 40.3 Å². The summed E-state index contributed by atoms with van der Waals surface area (Å²) in [6, 6.07) is 26.3. The van der Waals surface area contributed by atoms with Gasteiger partial charge in [-0.1, -0.05) is 92.7 Å². The zero-order valence-corrected chi connectivity index (χ0v) is 18.8. The van der Waals surface area contributed by atoms with Gasteiger partial charge >= 0.3 is 0 Å². The standard InChI is InChI=1S/C30H25NO2/c1-30(2)16-23-26(24(32)17-30)25(20-14-12-19(13-15-20)18-8-4-3-5-9-18)27-28(31-23)21-10-6-7-11-22(21)29(27)33/h3-15,25,31H,16-17H2,1-2H3/t25-/m0/s1. The largest absolute Gasteiger partial charge is 0.358 e. The average Bonchev–Trinajstić information content (AvgIpc) is 3.10. The number of carbonyl (C=O) groups is 2. The van der Waals surface area contributed by atoms with E-state index in [9.17, 15) is 9.59 Å². The first-order chi connectivity index (χ1) is 15.9. The molecule has 0 fully saturated rings. The van der Waals surface area contributed by atoms with Crippen LogP contribution in [-0.4, -0.2) is 11.6 Å². The second-order valence-corrected chi connectivity index (χ2v) is 10.0. The molecule has 0 bridgehead atoms. The van der Waals surface area contributed by atoms with Gasteiger partial charge in [-0.05, 0) is 28.5 Å². The highest BCUT2D eigenvalue weighted by atomic mass is 16.1. The van der Waals surface area contributed by atoms with Gasteiger partial charge in [0.1, 0.15) is 0 Å². The maximum absolute atomic E-state index is 13.6. The molecule has 0 radical (unpaired) electrons. The first kappa shape index (κ1) is 19.9. The molecule has 2 aliphatic carbocycles. The van der Waals surface area contributed by atoms with Crippen molar-refractivity contribution in [2.75, 3.05) is 0 Å². The minimum atomic E-state index is -0.343. The zero-order chi connectivity index (χ0) is 22.7. The molecular weight excluding hydrogens is 406 g/mol. The Labute approximate surface area is 193 Å². The topological polar surface area (TPSA) is 46.2 Å². The number of Topliss-reactive ketones (excluding diaryl/α,β-unsaturated/α-hetero) is 2. The molecule has 3 aliphatic rings. The lowest BCUT2D eigenvalue weighted by Crippen LogP contribution is -2.37. The van der Waals surface area contributed by atoms with Crippen LogP contribution >= 0.6 is 0 Å². The minimum Gasteiger partial charge on any atom is -0.358 e. The van der Waals surface area contributed by atoms with Gasteiger partial charge in [-0.3, -0.25) is 9.59 Å². The summed E-state index contributed by atoms with van der Waals surface area (Å²) in [5.41, 5.74) is 8.11.